The van der Waals surface area contributed by atoms with E-state index in [-0.39, 0.29) is 25.8 Å². The minimum Gasteiger partial charge on any atom is -0.322 e. The zero-order chi connectivity index (χ0) is 18.6. The van der Waals surface area contributed by atoms with E-state index >= 15 is 0 Å². The summed E-state index contributed by atoms with van der Waals surface area (Å²) in [4.78, 5) is 0. The average molecular weight is 563 g/mol. The second kappa shape index (κ2) is 10.3. The fourth-order valence-corrected chi connectivity index (χ4v) is 10.2. The predicted octanol–water partition coefficient (Wildman–Crippen LogP) is 5.03. The molecule has 4 rings (SSSR count). The molecule has 0 atom stereocenters. The third-order valence-corrected chi connectivity index (χ3v) is 13.9. The van der Waals surface area contributed by atoms with Gasteiger partial charge in [-0.1, -0.05) is 26.2 Å². The number of hydrogen-bond acceptors (Lipinski definition) is 2. The Labute approximate surface area is 188 Å². The summed E-state index contributed by atoms with van der Waals surface area (Å²) in [7, 11) is -2.57. The summed E-state index contributed by atoms with van der Waals surface area (Å²) in [5, 5.41) is 3.05. The molecule has 2 aliphatic carbocycles. The Balaban J connectivity index is 0.000000187. The third-order valence-electron chi connectivity index (χ3n) is 6.50. The van der Waals surface area contributed by atoms with Crippen molar-refractivity contribution >= 4 is 16.5 Å². The molecule has 0 spiro atoms. The molecule has 2 nitrogen and oxygen atoms in total. The predicted molar refractivity (Wildman–Crippen MR) is 118 cm³/mol. The van der Waals surface area contributed by atoms with Gasteiger partial charge >= 0.3 is 0 Å². The fourth-order valence-electron chi connectivity index (χ4n) is 4.54. The molecular weight excluding hydrogens is 527 g/mol. The van der Waals surface area contributed by atoms with Gasteiger partial charge in [-0.2, -0.15) is 12.2 Å². The molecule has 5 heteroatoms. The zero-order valence-electron chi connectivity index (χ0n) is 17.8. The molecule has 2 saturated heterocycles. The maximum atomic E-state index is 3.50. The zero-order valence-corrected chi connectivity index (χ0v) is 23.4. The first-order valence-electron chi connectivity index (χ1n) is 10.5. The molecule has 0 aromatic carbocycles. The molecule has 0 aromatic heterocycles. The van der Waals surface area contributed by atoms with E-state index < -0.39 is 16.5 Å². The van der Waals surface area contributed by atoms with Gasteiger partial charge in [0.25, 0.3) is 0 Å². The van der Waals surface area contributed by atoms with Crippen LogP contribution in [0.3, 0.4) is 0 Å². The average Bonchev–Trinajstić information content (AvgIpc) is 3.47. The SMILES string of the molecule is C[Si](C)(C1=[C-]CC=C1)N1CCCC1.C[Si](C)(C1=[C-]CC=C1)N1CCCC1.[Hf]. The van der Waals surface area contributed by atoms with E-state index in [1.54, 1.807) is 0 Å². The van der Waals surface area contributed by atoms with Crippen LogP contribution in [-0.4, -0.2) is 51.8 Å². The van der Waals surface area contributed by atoms with Crippen LogP contribution in [0.1, 0.15) is 38.5 Å². The van der Waals surface area contributed by atoms with Crippen LogP contribution in [0.5, 0.6) is 0 Å². The van der Waals surface area contributed by atoms with Crippen molar-refractivity contribution in [2.24, 2.45) is 0 Å². The quantitative estimate of drug-likeness (QED) is 0.350. The summed E-state index contributed by atoms with van der Waals surface area (Å²) in [5.41, 5.74) is 0. The Kier molecular flexibility index (Phi) is 8.94. The maximum absolute atomic E-state index is 3.50. The molecule has 4 aliphatic rings. The Morgan fingerprint density at radius 1 is 0.667 bits per heavy atom. The smallest absolute Gasteiger partial charge is 0.117 e. The van der Waals surface area contributed by atoms with Crippen molar-refractivity contribution in [3.8, 4) is 0 Å². The summed E-state index contributed by atoms with van der Waals surface area (Å²) in [6.07, 6.45) is 23.7. The van der Waals surface area contributed by atoms with E-state index in [0.717, 1.165) is 12.8 Å². The van der Waals surface area contributed by atoms with Gasteiger partial charge in [-0.3, -0.25) is 12.2 Å². The molecule has 2 aliphatic heterocycles. The van der Waals surface area contributed by atoms with Gasteiger partial charge in [-0.05, 0) is 51.9 Å². The minimum atomic E-state index is -1.29. The first-order valence-corrected chi connectivity index (χ1v) is 16.4. The topological polar surface area (TPSA) is 6.48 Å². The van der Waals surface area contributed by atoms with Gasteiger partial charge in [0.1, 0.15) is 16.5 Å². The molecule has 0 unspecified atom stereocenters. The number of hydrogen-bond donors (Lipinski definition) is 0. The molecule has 2 fully saturated rings. The van der Waals surface area contributed by atoms with Crippen LogP contribution < -0.4 is 0 Å². The molecule has 0 bridgehead atoms. The van der Waals surface area contributed by atoms with Crippen LogP contribution >= 0.6 is 0 Å². The summed E-state index contributed by atoms with van der Waals surface area (Å²) in [5.74, 6) is 0. The first kappa shape index (κ1) is 23.5. The summed E-state index contributed by atoms with van der Waals surface area (Å²) in [6.45, 7) is 15.1. The number of allylic oxidation sites excluding steroid dienone is 8. The molecule has 0 N–H and O–H groups in total. The van der Waals surface area contributed by atoms with Crippen molar-refractivity contribution in [3.05, 3.63) is 46.8 Å². The molecule has 0 amide bonds. The van der Waals surface area contributed by atoms with Gasteiger partial charge in [0.05, 0.1) is 0 Å². The van der Waals surface area contributed by atoms with Crippen LogP contribution in [0.4, 0.5) is 0 Å². The van der Waals surface area contributed by atoms with Crippen LogP contribution in [0, 0.1) is 12.2 Å². The standard InChI is InChI=1S/2C11H18NSi.Hf/c2*1-13(2,11-7-3-4-8-11)12-9-5-6-10-12;/h2*3,7H,4-6,9-10H2,1-2H3;/q2*-1;. The molecular formula is C22H36HfN2Si2-2. The molecule has 148 valence electrons. The van der Waals surface area contributed by atoms with E-state index in [0.29, 0.717) is 0 Å². The van der Waals surface area contributed by atoms with Crippen molar-refractivity contribution < 1.29 is 25.8 Å². The van der Waals surface area contributed by atoms with Gasteiger partial charge in [-0.15, -0.1) is 12.8 Å². The van der Waals surface area contributed by atoms with Gasteiger partial charge in [0.2, 0.25) is 0 Å². The Morgan fingerprint density at radius 2 is 1.00 bits per heavy atom. The van der Waals surface area contributed by atoms with E-state index in [4.69, 9.17) is 0 Å². The van der Waals surface area contributed by atoms with Crippen molar-refractivity contribution in [2.45, 2.75) is 64.7 Å². The number of nitrogens with zero attached hydrogens (tertiary/aromatic N) is 2. The van der Waals surface area contributed by atoms with E-state index in [1.165, 1.54) is 62.3 Å². The molecule has 0 radical (unpaired) electrons. The maximum Gasteiger partial charge on any atom is 0.117 e. The Bertz CT molecular complexity index is 554. The summed E-state index contributed by atoms with van der Waals surface area (Å²) in [6, 6.07) is 0. The second-order valence-electron chi connectivity index (χ2n) is 8.90. The van der Waals surface area contributed by atoms with Crippen LogP contribution in [0.25, 0.3) is 0 Å². The van der Waals surface area contributed by atoms with E-state index in [1.807, 2.05) is 0 Å². The van der Waals surface area contributed by atoms with Crippen molar-refractivity contribution in [1.29, 1.82) is 0 Å². The van der Waals surface area contributed by atoms with Crippen molar-refractivity contribution in [1.82, 2.24) is 9.13 Å². The fraction of sp³-hybridized carbons (Fsp3) is 0.636. The minimum absolute atomic E-state index is 0. The largest absolute Gasteiger partial charge is 0.322 e. The normalized spacial score (nSPS) is 23.1. The Morgan fingerprint density at radius 3 is 1.26 bits per heavy atom. The van der Waals surface area contributed by atoms with E-state index in [2.05, 4.69) is 71.8 Å². The molecule has 2 heterocycles. The summed E-state index contributed by atoms with van der Waals surface area (Å²) >= 11 is 0. The van der Waals surface area contributed by atoms with Crippen LogP contribution in [0.15, 0.2) is 34.7 Å². The third kappa shape index (κ3) is 5.62. The molecule has 27 heavy (non-hydrogen) atoms. The molecule has 0 saturated carbocycles. The Hall–Kier alpha value is 0.184. The molecule has 0 aromatic rings. The second-order valence-corrected chi connectivity index (χ2v) is 17.5. The van der Waals surface area contributed by atoms with Crippen molar-refractivity contribution in [3.63, 3.8) is 0 Å². The van der Waals surface area contributed by atoms with Crippen molar-refractivity contribution in [2.75, 3.05) is 26.2 Å². The first-order chi connectivity index (χ1) is 12.4. The van der Waals surface area contributed by atoms with Crippen LogP contribution in [0.2, 0.25) is 26.2 Å². The van der Waals surface area contributed by atoms with E-state index in [9.17, 15) is 0 Å². The summed E-state index contributed by atoms with van der Waals surface area (Å²) < 4.78 is 5.43. The van der Waals surface area contributed by atoms with Gasteiger partial charge in [0, 0.05) is 25.8 Å². The van der Waals surface area contributed by atoms with Gasteiger partial charge in [-0.25, -0.2) is 22.5 Å². The van der Waals surface area contributed by atoms with Gasteiger partial charge in [0.15, 0.2) is 0 Å². The monoisotopic (exact) mass is 564 g/mol. The van der Waals surface area contributed by atoms with Gasteiger partial charge < -0.3 is 9.13 Å². The van der Waals surface area contributed by atoms with Crippen LogP contribution in [-0.2, 0) is 25.8 Å². The number of rotatable bonds is 4.